The number of carbonyl (C=O) groups is 2. The van der Waals surface area contributed by atoms with E-state index in [1.165, 1.54) is 24.3 Å². The summed E-state index contributed by atoms with van der Waals surface area (Å²) in [5.74, 6) is -2.58. The Kier molecular flexibility index (Phi) is 8.08. The Morgan fingerprint density at radius 2 is 0.895 bits per heavy atom. The molecule has 0 amide bonds. The molecule has 6 N–H and O–H groups in total. The molecule has 0 aliphatic rings. The van der Waals surface area contributed by atoms with Crippen LogP contribution in [0.3, 0.4) is 0 Å². The van der Waals surface area contributed by atoms with Gasteiger partial charge in [-0.05, 0) is 45.8 Å². The van der Waals surface area contributed by atoms with Gasteiger partial charge in [0.1, 0.15) is 60.3 Å². The summed E-state index contributed by atoms with van der Waals surface area (Å²) in [4.78, 5) is 23.3. The summed E-state index contributed by atoms with van der Waals surface area (Å²) >= 11 is 0. The Hall–Kier alpha value is -4.22. The van der Waals surface area contributed by atoms with Gasteiger partial charge in [0.05, 0.1) is 0 Å². The van der Waals surface area contributed by atoms with Crippen molar-refractivity contribution in [2.75, 3.05) is 13.2 Å². The summed E-state index contributed by atoms with van der Waals surface area (Å²) in [6.45, 7) is -1.17. The summed E-state index contributed by atoms with van der Waals surface area (Å²) < 4.78 is 10.9. The number of rotatable bonds is 11. The fourth-order valence-electron chi connectivity index (χ4n) is 4.01. The van der Waals surface area contributed by atoms with Crippen LogP contribution in [-0.4, -0.2) is 80.2 Å². The van der Waals surface area contributed by atoms with Gasteiger partial charge >= 0.3 is 11.9 Å². The summed E-state index contributed by atoms with van der Waals surface area (Å²) in [6, 6.07) is 19.8. The predicted octanol–water partition coefficient (Wildman–Crippen LogP) is 2.29. The molecule has 0 heterocycles. The highest BCUT2D eigenvalue weighted by molar-refractivity contribution is 5.98. The molecule has 10 heteroatoms. The second-order valence-corrected chi connectivity index (χ2v) is 8.74. The summed E-state index contributed by atoms with van der Waals surface area (Å²) in [7, 11) is 0. The minimum atomic E-state index is -1.89. The van der Waals surface area contributed by atoms with Gasteiger partial charge < -0.3 is 40.1 Å². The smallest absolute Gasteiger partial charge is 0.339 e. The summed E-state index contributed by atoms with van der Waals surface area (Å²) in [6.07, 6.45) is -7.19. The zero-order chi connectivity index (χ0) is 27.4. The third-order valence-electron chi connectivity index (χ3n) is 6.11. The lowest BCUT2D eigenvalue weighted by molar-refractivity contribution is -0.119. The number of aromatic carboxylic acids is 2. The zero-order valence-electron chi connectivity index (χ0n) is 20.0. The van der Waals surface area contributed by atoms with E-state index in [1.807, 2.05) is 0 Å². The molecular formula is C28H26O10. The standard InChI is InChI=1S/C28H26O10/c29-21(13-37-23-11-17-7-3-1-5-15(17)9-19(23)27(33)34)25(31)26(32)22(30)14-38-24-12-18-8-4-2-6-16(18)10-20(24)28(35)36/h1-12,21-22,25-26,29-32H,13-14H2,(H,33,34)(H,35,36)/t21-,22+,25+,26-. The number of aliphatic hydroxyl groups is 4. The van der Waals surface area contributed by atoms with Crippen LogP contribution in [0.1, 0.15) is 20.7 Å². The van der Waals surface area contributed by atoms with Crippen LogP contribution in [0.2, 0.25) is 0 Å². The Labute approximate surface area is 216 Å². The molecule has 0 bridgehead atoms. The van der Waals surface area contributed by atoms with E-state index in [4.69, 9.17) is 9.47 Å². The molecule has 0 aliphatic heterocycles. The topological polar surface area (TPSA) is 174 Å². The number of aliphatic hydroxyl groups excluding tert-OH is 4. The Bertz CT molecular complexity index is 1360. The minimum absolute atomic E-state index is 0.0432. The van der Waals surface area contributed by atoms with Crippen LogP contribution < -0.4 is 9.47 Å². The normalized spacial score (nSPS) is 14.5. The van der Waals surface area contributed by atoms with Gasteiger partial charge in [-0.25, -0.2) is 9.59 Å². The maximum absolute atomic E-state index is 11.7. The monoisotopic (exact) mass is 522 g/mol. The van der Waals surface area contributed by atoms with E-state index in [1.54, 1.807) is 48.5 Å². The number of fused-ring (bicyclic) bond motifs is 2. The Morgan fingerprint density at radius 3 is 1.21 bits per heavy atom. The number of benzene rings is 4. The lowest BCUT2D eigenvalue weighted by Crippen LogP contribution is -2.48. The van der Waals surface area contributed by atoms with Crippen LogP contribution in [0.15, 0.2) is 72.8 Å². The van der Waals surface area contributed by atoms with Gasteiger partial charge in [-0.1, -0.05) is 48.5 Å². The first kappa shape index (κ1) is 26.8. The molecule has 0 unspecified atom stereocenters. The molecule has 0 aromatic heterocycles. The van der Waals surface area contributed by atoms with Gasteiger partial charge in [0.15, 0.2) is 0 Å². The molecule has 0 saturated carbocycles. The van der Waals surface area contributed by atoms with Gasteiger partial charge in [-0.3, -0.25) is 0 Å². The van der Waals surface area contributed by atoms with Crippen LogP contribution in [0, 0.1) is 0 Å². The third kappa shape index (κ3) is 5.84. The maximum Gasteiger partial charge on any atom is 0.339 e. The summed E-state index contributed by atoms with van der Waals surface area (Å²) in [5.41, 5.74) is -0.298. The minimum Gasteiger partial charge on any atom is -0.490 e. The SMILES string of the molecule is O=C(O)c1cc2ccccc2cc1OC[C@@H](O)[C@H](O)[C@H](O)[C@@H](O)COc1cc2ccccc2cc1C(=O)O. The van der Waals surface area contributed by atoms with Crippen molar-refractivity contribution in [1.82, 2.24) is 0 Å². The molecule has 4 atom stereocenters. The van der Waals surface area contributed by atoms with E-state index >= 15 is 0 Å². The highest BCUT2D eigenvalue weighted by Gasteiger charge is 2.32. The predicted molar refractivity (Wildman–Crippen MR) is 137 cm³/mol. The lowest BCUT2D eigenvalue weighted by atomic mass is 10.0. The van der Waals surface area contributed by atoms with Crippen LogP contribution in [0.4, 0.5) is 0 Å². The van der Waals surface area contributed by atoms with Gasteiger partial charge in [0.2, 0.25) is 0 Å². The molecule has 4 aromatic carbocycles. The highest BCUT2D eigenvalue weighted by Crippen LogP contribution is 2.28. The molecule has 0 aliphatic carbocycles. The Morgan fingerprint density at radius 1 is 0.579 bits per heavy atom. The van der Waals surface area contributed by atoms with E-state index in [0.29, 0.717) is 21.5 Å². The molecule has 10 nitrogen and oxygen atoms in total. The van der Waals surface area contributed by atoms with E-state index in [0.717, 1.165) is 0 Å². The zero-order valence-corrected chi connectivity index (χ0v) is 20.0. The molecule has 0 saturated heterocycles. The average Bonchev–Trinajstić information content (AvgIpc) is 2.92. The van der Waals surface area contributed by atoms with Gasteiger partial charge in [0.25, 0.3) is 0 Å². The number of hydrogen-bond donors (Lipinski definition) is 6. The van der Waals surface area contributed by atoms with Crippen molar-refractivity contribution in [3.63, 3.8) is 0 Å². The molecule has 4 aromatic rings. The van der Waals surface area contributed by atoms with Crippen molar-refractivity contribution in [3.8, 4) is 11.5 Å². The third-order valence-corrected chi connectivity index (χ3v) is 6.11. The molecule has 0 spiro atoms. The lowest BCUT2D eigenvalue weighted by Gasteiger charge is -2.27. The largest absolute Gasteiger partial charge is 0.490 e. The molecule has 198 valence electrons. The van der Waals surface area contributed by atoms with E-state index < -0.39 is 49.6 Å². The van der Waals surface area contributed by atoms with Gasteiger partial charge in [-0.2, -0.15) is 0 Å². The maximum atomic E-state index is 11.7. The van der Waals surface area contributed by atoms with Crippen LogP contribution in [0.5, 0.6) is 11.5 Å². The van der Waals surface area contributed by atoms with Crippen LogP contribution in [-0.2, 0) is 0 Å². The van der Waals surface area contributed by atoms with Crippen molar-refractivity contribution >= 4 is 33.5 Å². The van der Waals surface area contributed by atoms with Crippen molar-refractivity contribution < 1.29 is 49.7 Å². The second kappa shape index (κ2) is 11.4. The summed E-state index contributed by atoms with van der Waals surface area (Å²) in [5, 5.41) is 63.2. The molecule has 0 fully saturated rings. The number of carboxylic acid groups (broad SMARTS) is 2. The van der Waals surface area contributed by atoms with Crippen molar-refractivity contribution in [1.29, 1.82) is 0 Å². The van der Waals surface area contributed by atoms with Gasteiger partial charge in [-0.15, -0.1) is 0 Å². The first-order valence-electron chi connectivity index (χ1n) is 11.7. The Balaban J connectivity index is 1.40. The van der Waals surface area contributed by atoms with Crippen LogP contribution >= 0.6 is 0 Å². The van der Waals surface area contributed by atoms with Crippen molar-refractivity contribution in [3.05, 3.63) is 83.9 Å². The molecule has 4 rings (SSSR count). The van der Waals surface area contributed by atoms with E-state index in [-0.39, 0.29) is 22.6 Å². The fraction of sp³-hybridized carbons (Fsp3) is 0.214. The quantitative estimate of drug-likeness (QED) is 0.171. The number of ether oxygens (including phenoxy) is 2. The van der Waals surface area contributed by atoms with Crippen LogP contribution in [0.25, 0.3) is 21.5 Å². The average molecular weight is 523 g/mol. The fourth-order valence-corrected chi connectivity index (χ4v) is 4.01. The highest BCUT2D eigenvalue weighted by atomic mass is 16.5. The molecular weight excluding hydrogens is 496 g/mol. The van der Waals surface area contributed by atoms with Crippen molar-refractivity contribution in [2.45, 2.75) is 24.4 Å². The second-order valence-electron chi connectivity index (χ2n) is 8.74. The van der Waals surface area contributed by atoms with E-state index in [9.17, 15) is 40.2 Å². The number of hydrogen-bond acceptors (Lipinski definition) is 8. The first-order valence-corrected chi connectivity index (χ1v) is 11.7. The first-order chi connectivity index (χ1) is 18.2. The number of carboxylic acids is 2. The van der Waals surface area contributed by atoms with Gasteiger partial charge in [0, 0.05) is 0 Å². The molecule has 38 heavy (non-hydrogen) atoms. The van der Waals surface area contributed by atoms with E-state index in [2.05, 4.69) is 0 Å². The van der Waals surface area contributed by atoms with Crippen molar-refractivity contribution in [2.24, 2.45) is 0 Å². The molecule has 0 radical (unpaired) electrons.